The zero-order chi connectivity index (χ0) is 15.7. The van der Waals surface area contributed by atoms with Gasteiger partial charge >= 0.3 is 0 Å². The topological polar surface area (TPSA) is 51.7 Å². The summed E-state index contributed by atoms with van der Waals surface area (Å²) < 4.78 is 10.9. The molecule has 1 aromatic carbocycles. The Morgan fingerprint density at radius 1 is 1.32 bits per heavy atom. The van der Waals surface area contributed by atoms with E-state index in [0.29, 0.717) is 17.3 Å². The van der Waals surface area contributed by atoms with E-state index in [1.165, 1.54) is 11.3 Å². The molecule has 5 nitrogen and oxygen atoms in total. The lowest BCUT2D eigenvalue weighted by atomic mass is 10.1. The molecule has 0 unspecified atom stereocenters. The van der Waals surface area contributed by atoms with Crippen LogP contribution in [0.1, 0.15) is 15.8 Å². The molecule has 1 amide bonds. The Labute approximate surface area is 137 Å². The van der Waals surface area contributed by atoms with Crippen molar-refractivity contribution < 1.29 is 14.3 Å². The summed E-state index contributed by atoms with van der Waals surface area (Å²) in [5.41, 5.74) is 0.922. The van der Waals surface area contributed by atoms with Crippen LogP contribution in [0.3, 0.4) is 0 Å². The molecular formula is C15H16N2O3S2. The fourth-order valence-corrected chi connectivity index (χ4v) is 4.46. The maximum absolute atomic E-state index is 12.3. The van der Waals surface area contributed by atoms with Gasteiger partial charge in [0.2, 0.25) is 5.91 Å². The van der Waals surface area contributed by atoms with E-state index < -0.39 is 0 Å². The summed E-state index contributed by atoms with van der Waals surface area (Å²) in [5, 5.41) is 0.575. The molecule has 2 heterocycles. The summed E-state index contributed by atoms with van der Waals surface area (Å²) in [6, 6.07) is 5.72. The average molecular weight is 336 g/mol. The second kappa shape index (κ2) is 6.18. The SMILES string of the molecule is COc1cccc([C@@H]2SCC(=O)N2c2ncc(C)s2)c1OC. The van der Waals surface area contributed by atoms with Crippen molar-refractivity contribution >= 4 is 34.1 Å². The number of amides is 1. The van der Waals surface area contributed by atoms with Crippen molar-refractivity contribution in [1.82, 2.24) is 4.98 Å². The minimum Gasteiger partial charge on any atom is -0.493 e. The zero-order valence-electron chi connectivity index (χ0n) is 12.5. The molecule has 0 radical (unpaired) electrons. The van der Waals surface area contributed by atoms with Crippen LogP contribution in [0, 0.1) is 6.92 Å². The van der Waals surface area contributed by atoms with E-state index in [4.69, 9.17) is 9.47 Å². The molecule has 0 saturated carbocycles. The standard InChI is InChI=1S/C15H16N2O3S2/c1-9-7-16-15(22-9)17-12(18)8-21-14(17)10-5-4-6-11(19-2)13(10)20-3/h4-7,14H,8H2,1-3H3/t14-/m0/s1. The van der Waals surface area contributed by atoms with Crippen LogP contribution in [-0.4, -0.2) is 30.9 Å². The first kappa shape index (κ1) is 15.2. The highest BCUT2D eigenvalue weighted by molar-refractivity contribution is 8.00. The number of methoxy groups -OCH3 is 2. The normalized spacial score (nSPS) is 17.9. The Hall–Kier alpha value is -1.73. The number of thiazole rings is 1. The minimum atomic E-state index is -0.150. The molecule has 0 spiro atoms. The van der Waals surface area contributed by atoms with Crippen molar-refractivity contribution in [2.75, 3.05) is 24.9 Å². The van der Waals surface area contributed by atoms with Crippen LogP contribution >= 0.6 is 23.1 Å². The van der Waals surface area contributed by atoms with Gasteiger partial charge in [-0.25, -0.2) is 4.98 Å². The summed E-state index contributed by atoms with van der Waals surface area (Å²) in [6.07, 6.45) is 1.79. The molecule has 7 heteroatoms. The van der Waals surface area contributed by atoms with Gasteiger partial charge in [0.25, 0.3) is 0 Å². The first-order valence-corrected chi connectivity index (χ1v) is 8.59. The van der Waals surface area contributed by atoms with Crippen LogP contribution in [0.4, 0.5) is 5.13 Å². The molecule has 1 aliphatic rings. The van der Waals surface area contributed by atoms with Gasteiger partial charge in [0.05, 0.1) is 20.0 Å². The predicted octanol–water partition coefficient (Wildman–Crippen LogP) is 3.25. The van der Waals surface area contributed by atoms with E-state index in [-0.39, 0.29) is 11.3 Å². The number of anilines is 1. The van der Waals surface area contributed by atoms with Gasteiger partial charge in [-0.3, -0.25) is 9.69 Å². The van der Waals surface area contributed by atoms with Crippen LogP contribution in [-0.2, 0) is 4.79 Å². The lowest BCUT2D eigenvalue weighted by molar-refractivity contribution is -0.115. The van der Waals surface area contributed by atoms with Crippen LogP contribution in [0.2, 0.25) is 0 Å². The third-order valence-corrected chi connectivity index (χ3v) is 5.49. The number of ether oxygens (including phenoxy) is 2. The van der Waals surface area contributed by atoms with Crippen molar-refractivity contribution in [3.05, 3.63) is 34.8 Å². The largest absolute Gasteiger partial charge is 0.493 e. The molecule has 1 fully saturated rings. The molecule has 1 aromatic heterocycles. The summed E-state index contributed by atoms with van der Waals surface area (Å²) in [4.78, 5) is 19.5. The van der Waals surface area contributed by atoms with Gasteiger partial charge in [0.15, 0.2) is 16.6 Å². The number of hydrogen-bond donors (Lipinski definition) is 0. The minimum absolute atomic E-state index is 0.0641. The molecule has 22 heavy (non-hydrogen) atoms. The second-order valence-corrected chi connectivity index (χ2v) is 7.05. The van der Waals surface area contributed by atoms with Crippen molar-refractivity contribution in [3.63, 3.8) is 0 Å². The maximum Gasteiger partial charge on any atom is 0.240 e. The molecule has 2 aromatic rings. The number of hydrogen-bond acceptors (Lipinski definition) is 6. The van der Waals surface area contributed by atoms with E-state index in [2.05, 4.69) is 4.98 Å². The molecule has 1 aliphatic heterocycles. The van der Waals surface area contributed by atoms with Crippen LogP contribution in [0.15, 0.2) is 24.4 Å². The second-order valence-electron chi connectivity index (χ2n) is 4.76. The summed E-state index contributed by atoms with van der Waals surface area (Å²) in [6.45, 7) is 1.98. The van der Waals surface area contributed by atoms with Gasteiger partial charge < -0.3 is 9.47 Å². The Balaban J connectivity index is 2.05. The average Bonchev–Trinajstić information content (AvgIpc) is 3.11. The van der Waals surface area contributed by atoms with E-state index in [1.807, 2.05) is 25.1 Å². The van der Waals surface area contributed by atoms with Crippen LogP contribution in [0.25, 0.3) is 0 Å². The van der Waals surface area contributed by atoms with Crippen molar-refractivity contribution in [1.29, 1.82) is 0 Å². The molecule has 116 valence electrons. The van der Waals surface area contributed by atoms with Gasteiger partial charge in [-0.1, -0.05) is 12.1 Å². The Morgan fingerprint density at radius 3 is 2.77 bits per heavy atom. The Morgan fingerprint density at radius 2 is 2.14 bits per heavy atom. The summed E-state index contributed by atoms with van der Waals surface area (Å²) >= 11 is 3.09. The molecule has 0 bridgehead atoms. The summed E-state index contributed by atoms with van der Waals surface area (Å²) in [5.74, 6) is 1.82. The number of aryl methyl sites for hydroxylation is 1. The first-order chi connectivity index (χ1) is 10.7. The zero-order valence-corrected chi connectivity index (χ0v) is 14.2. The fourth-order valence-electron chi connectivity index (χ4n) is 2.42. The van der Waals surface area contributed by atoms with Gasteiger partial charge in [0.1, 0.15) is 5.37 Å². The number of rotatable bonds is 4. The Bertz CT molecular complexity index is 702. The molecular weight excluding hydrogens is 320 g/mol. The number of benzene rings is 1. The van der Waals surface area contributed by atoms with Crippen LogP contribution < -0.4 is 14.4 Å². The number of carbonyl (C=O) groups excluding carboxylic acids is 1. The lowest BCUT2D eigenvalue weighted by Crippen LogP contribution is -2.27. The number of nitrogens with zero attached hydrogens (tertiary/aromatic N) is 2. The first-order valence-electron chi connectivity index (χ1n) is 6.72. The van der Waals surface area contributed by atoms with Gasteiger partial charge in [-0.05, 0) is 13.0 Å². The number of carbonyl (C=O) groups is 1. The van der Waals surface area contributed by atoms with E-state index in [1.54, 1.807) is 37.1 Å². The molecule has 1 saturated heterocycles. The maximum atomic E-state index is 12.3. The van der Waals surface area contributed by atoms with Crippen LogP contribution in [0.5, 0.6) is 11.5 Å². The third kappa shape index (κ3) is 2.55. The van der Waals surface area contributed by atoms with E-state index >= 15 is 0 Å². The lowest BCUT2D eigenvalue weighted by Gasteiger charge is -2.23. The highest BCUT2D eigenvalue weighted by Crippen LogP contribution is 2.47. The summed E-state index contributed by atoms with van der Waals surface area (Å²) in [7, 11) is 3.22. The number of para-hydroxylation sites is 1. The van der Waals surface area contributed by atoms with Gasteiger partial charge in [-0.15, -0.1) is 23.1 Å². The number of thioether (sulfide) groups is 1. The molecule has 0 N–H and O–H groups in total. The van der Waals surface area contributed by atoms with Crippen molar-refractivity contribution in [2.45, 2.75) is 12.3 Å². The number of aromatic nitrogens is 1. The smallest absolute Gasteiger partial charge is 0.240 e. The molecule has 0 aliphatic carbocycles. The predicted molar refractivity (Wildman–Crippen MR) is 89.1 cm³/mol. The third-order valence-electron chi connectivity index (χ3n) is 3.38. The van der Waals surface area contributed by atoms with Crippen molar-refractivity contribution in [2.24, 2.45) is 0 Å². The monoisotopic (exact) mass is 336 g/mol. The molecule has 3 rings (SSSR count). The Kier molecular flexibility index (Phi) is 4.26. The van der Waals surface area contributed by atoms with E-state index in [9.17, 15) is 4.79 Å². The fraction of sp³-hybridized carbons (Fsp3) is 0.333. The van der Waals surface area contributed by atoms with Gasteiger partial charge in [0, 0.05) is 16.6 Å². The van der Waals surface area contributed by atoms with Crippen molar-refractivity contribution in [3.8, 4) is 11.5 Å². The van der Waals surface area contributed by atoms with Gasteiger partial charge in [-0.2, -0.15) is 0 Å². The highest BCUT2D eigenvalue weighted by atomic mass is 32.2. The van der Waals surface area contributed by atoms with E-state index in [0.717, 1.165) is 15.6 Å². The quantitative estimate of drug-likeness (QED) is 0.858. The molecule has 1 atom stereocenters. The highest BCUT2D eigenvalue weighted by Gasteiger charge is 2.37.